The van der Waals surface area contributed by atoms with Gasteiger partial charge in [0.1, 0.15) is 0 Å². The van der Waals surface area contributed by atoms with Gasteiger partial charge in [0.25, 0.3) is 0 Å². The summed E-state index contributed by atoms with van der Waals surface area (Å²) in [6.45, 7) is 4.33. The quantitative estimate of drug-likeness (QED) is 0.817. The monoisotopic (exact) mass is 313 g/mol. The van der Waals surface area contributed by atoms with Crippen molar-refractivity contribution in [1.29, 1.82) is 0 Å². The van der Waals surface area contributed by atoms with E-state index in [9.17, 15) is 0 Å². The molecular weight excluding hydrogens is 286 g/mol. The number of nitrogens with zero attached hydrogens (tertiary/aromatic N) is 3. The lowest BCUT2D eigenvalue weighted by molar-refractivity contribution is 0.154. The summed E-state index contributed by atoms with van der Waals surface area (Å²) < 4.78 is 5.92. The number of likely N-dealkylation sites (tertiary alicyclic amines) is 1. The summed E-state index contributed by atoms with van der Waals surface area (Å²) in [4.78, 5) is 9.20. The molecule has 0 aliphatic carbocycles. The SMILES string of the molecule is CN(C)CCC1CCN(Cc2ncc(-c3ccccc3)o2)CC1. The van der Waals surface area contributed by atoms with Gasteiger partial charge in [-0.3, -0.25) is 4.90 Å². The van der Waals surface area contributed by atoms with E-state index in [0.717, 1.165) is 42.8 Å². The first kappa shape index (κ1) is 16.2. The number of aromatic nitrogens is 1. The molecule has 2 aromatic rings. The standard InChI is InChI=1S/C19H27N3O/c1-21(2)11-8-16-9-12-22(13-10-16)15-19-20-14-18(23-19)17-6-4-3-5-7-17/h3-7,14,16H,8-13,15H2,1-2H3. The number of oxazole rings is 1. The summed E-state index contributed by atoms with van der Waals surface area (Å²) in [5, 5.41) is 0. The molecule has 1 aromatic heterocycles. The predicted octanol–water partition coefficient (Wildman–Crippen LogP) is 3.51. The van der Waals surface area contributed by atoms with Gasteiger partial charge in [0.05, 0.1) is 12.7 Å². The van der Waals surface area contributed by atoms with Crippen molar-refractivity contribution in [3.63, 3.8) is 0 Å². The molecular formula is C19H27N3O. The van der Waals surface area contributed by atoms with Gasteiger partial charge in [-0.25, -0.2) is 4.98 Å². The van der Waals surface area contributed by atoms with Crippen LogP contribution in [-0.4, -0.2) is 48.5 Å². The summed E-state index contributed by atoms with van der Waals surface area (Å²) in [6, 6.07) is 10.2. The molecule has 23 heavy (non-hydrogen) atoms. The van der Waals surface area contributed by atoms with Crippen LogP contribution in [0.2, 0.25) is 0 Å². The van der Waals surface area contributed by atoms with E-state index >= 15 is 0 Å². The lowest BCUT2D eigenvalue weighted by Crippen LogP contribution is -2.34. The topological polar surface area (TPSA) is 32.5 Å². The molecule has 3 rings (SSSR count). The predicted molar refractivity (Wildman–Crippen MR) is 93.1 cm³/mol. The van der Waals surface area contributed by atoms with E-state index in [0.29, 0.717) is 0 Å². The van der Waals surface area contributed by atoms with Gasteiger partial charge in [-0.2, -0.15) is 0 Å². The summed E-state index contributed by atoms with van der Waals surface area (Å²) in [7, 11) is 4.31. The van der Waals surface area contributed by atoms with Crippen LogP contribution >= 0.6 is 0 Å². The smallest absolute Gasteiger partial charge is 0.209 e. The van der Waals surface area contributed by atoms with Crippen molar-refractivity contribution in [2.45, 2.75) is 25.8 Å². The maximum absolute atomic E-state index is 5.92. The van der Waals surface area contributed by atoms with Gasteiger partial charge in [-0.05, 0) is 58.9 Å². The van der Waals surface area contributed by atoms with Crippen molar-refractivity contribution >= 4 is 0 Å². The molecule has 1 aliphatic heterocycles. The minimum absolute atomic E-state index is 0.827. The summed E-state index contributed by atoms with van der Waals surface area (Å²) in [6.07, 6.45) is 5.74. The molecule has 0 amide bonds. The fourth-order valence-electron chi connectivity index (χ4n) is 3.18. The van der Waals surface area contributed by atoms with E-state index in [1.165, 1.54) is 25.8 Å². The van der Waals surface area contributed by atoms with Crippen molar-refractivity contribution in [2.75, 3.05) is 33.7 Å². The third-order valence-corrected chi connectivity index (χ3v) is 4.66. The van der Waals surface area contributed by atoms with Gasteiger partial charge < -0.3 is 9.32 Å². The Kier molecular flexibility index (Phi) is 5.47. The average Bonchev–Trinajstić information content (AvgIpc) is 3.03. The van der Waals surface area contributed by atoms with Crippen LogP contribution in [0.3, 0.4) is 0 Å². The Labute approximate surface area is 139 Å². The first-order valence-electron chi connectivity index (χ1n) is 8.58. The zero-order chi connectivity index (χ0) is 16.1. The van der Waals surface area contributed by atoms with Crippen LogP contribution < -0.4 is 0 Å². The molecule has 4 nitrogen and oxygen atoms in total. The minimum atomic E-state index is 0.827. The number of rotatable bonds is 6. The highest BCUT2D eigenvalue weighted by molar-refractivity contribution is 5.55. The second kappa shape index (κ2) is 7.75. The van der Waals surface area contributed by atoms with Crippen molar-refractivity contribution < 1.29 is 4.42 Å². The maximum Gasteiger partial charge on any atom is 0.209 e. The molecule has 1 fully saturated rings. The molecule has 0 unspecified atom stereocenters. The Bertz CT molecular complexity index is 586. The van der Waals surface area contributed by atoms with E-state index in [1.807, 2.05) is 24.4 Å². The highest BCUT2D eigenvalue weighted by atomic mass is 16.4. The van der Waals surface area contributed by atoms with E-state index in [1.54, 1.807) is 0 Å². The zero-order valence-electron chi connectivity index (χ0n) is 14.2. The Morgan fingerprint density at radius 1 is 1.17 bits per heavy atom. The van der Waals surface area contributed by atoms with Crippen molar-refractivity contribution in [3.8, 4) is 11.3 Å². The molecule has 0 N–H and O–H groups in total. The summed E-state index contributed by atoms with van der Waals surface area (Å²) in [5.41, 5.74) is 1.09. The second-order valence-electron chi connectivity index (χ2n) is 6.80. The van der Waals surface area contributed by atoms with Crippen LogP contribution in [0.25, 0.3) is 11.3 Å². The molecule has 0 radical (unpaired) electrons. The Morgan fingerprint density at radius 3 is 2.61 bits per heavy atom. The molecule has 4 heteroatoms. The van der Waals surface area contributed by atoms with Gasteiger partial charge in [0, 0.05) is 5.56 Å². The third-order valence-electron chi connectivity index (χ3n) is 4.66. The molecule has 2 heterocycles. The highest BCUT2D eigenvalue weighted by Crippen LogP contribution is 2.24. The molecule has 0 atom stereocenters. The van der Waals surface area contributed by atoms with E-state index in [-0.39, 0.29) is 0 Å². The number of hydrogen-bond acceptors (Lipinski definition) is 4. The Balaban J connectivity index is 1.49. The number of benzene rings is 1. The largest absolute Gasteiger partial charge is 0.439 e. The molecule has 0 bridgehead atoms. The molecule has 1 aliphatic rings. The number of piperidine rings is 1. The van der Waals surface area contributed by atoms with Crippen molar-refractivity contribution in [1.82, 2.24) is 14.8 Å². The average molecular weight is 313 g/mol. The second-order valence-corrected chi connectivity index (χ2v) is 6.80. The van der Waals surface area contributed by atoms with E-state index < -0.39 is 0 Å². The van der Waals surface area contributed by atoms with Crippen LogP contribution in [0.4, 0.5) is 0 Å². The maximum atomic E-state index is 5.92. The molecule has 1 aromatic carbocycles. The molecule has 1 saturated heterocycles. The fraction of sp³-hybridized carbons (Fsp3) is 0.526. The van der Waals surface area contributed by atoms with Crippen LogP contribution in [0, 0.1) is 5.92 Å². The minimum Gasteiger partial charge on any atom is -0.439 e. The molecule has 0 saturated carbocycles. The van der Waals surface area contributed by atoms with Gasteiger partial charge >= 0.3 is 0 Å². The van der Waals surface area contributed by atoms with Crippen LogP contribution in [0.15, 0.2) is 40.9 Å². The van der Waals surface area contributed by atoms with Crippen LogP contribution in [0.5, 0.6) is 0 Å². The van der Waals surface area contributed by atoms with Crippen LogP contribution in [0.1, 0.15) is 25.2 Å². The Morgan fingerprint density at radius 2 is 1.91 bits per heavy atom. The first-order chi connectivity index (χ1) is 11.2. The van der Waals surface area contributed by atoms with E-state index in [2.05, 4.69) is 41.0 Å². The highest BCUT2D eigenvalue weighted by Gasteiger charge is 2.20. The van der Waals surface area contributed by atoms with Gasteiger partial charge in [0.15, 0.2) is 5.76 Å². The summed E-state index contributed by atoms with van der Waals surface area (Å²) in [5.74, 6) is 2.56. The Hall–Kier alpha value is -1.65. The van der Waals surface area contributed by atoms with E-state index in [4.69, 9.17) is 4.42 Å². The summed E-state index contributed by atoms with van der Waals surface area (Å²) >= 11 is 0. The first-order valence-corrected chi connectivity index (χ1v) is 8.58. The van der Waals surface area contributed by atoms with Gasteiger partial charge in [-0.1, -0.05) is 30.3 Å². The van der Waals surface area contributed by atoms with Crippen LogP contribution in [-0.2, 0) is 6.54 Å². The van der Waals surface area contributed by atoms with Gasteiger partial charge in [0.2, 0.25) is 5.89 Å². The molecule has 124 valence electrons. The normalized spacial score (nSPS) is 17.0. The van der Waals surface area contributed by atoms with Crippen molar-refractivity contribution in [2.24, 2.45) is 5.92 Å². The lowest BCUT2D eigenvalue weighted by atomic mass is 9.93. The van der Waals surface area contributed by atoms with Crippen molar-refractivity contribution in [3.05, 3.63) is 42.4 Å². The zero-order valence-corrected chi connectivity index (χ0v) is 14.2. The lowest BCUT2D eigenvalue weighted by Gasteiger charge is -2.31. The molecule has 0 spiro atoms. The third kappa shape index (κ3) is 4.66. The number of hydrogen-bond donors (Lipinski definition) is 0. The fourth-order valence-corrected chi connectivity index (χ4v) is 3.18. The van der Waals surface area contributed by atoms with Gasteiger partial charge in [-0.15, -0.1) is 0 Å².